The van der Waals surface area contributed by atoms with Crippen LogP contribution >= 0.6 is 0 Å². The Morgan fingerprint density at radius 1 is 1.04 bits per heavy atom. The van der Waals surface area contributed by atoms with Crippen LogP contribution in [0, 0.1) is 17.5 Å². The van der Waals surface area contributed by atoms with E-state index in [1.807, 2.05) is 0 Å². The molecule has 3 rings (SSSR count). The average molecular weight is 400 g/mol. The van der Waals surface area contributed by atoms with Crippen LogP contribution in [0.5, 0.6) is 0 Å². The molecule has 1 atom stereocenters. The van der Waals surface area contributed by atoms with Gasteiger partial charge in [-0.3, -0.25) is 5.32 Å². The van der Waals surface area contributed by atoms with E-state index in [2.05, 4.69) is 10.4 Å². The first-order chi connectivity index (χ1) is 13.0. The lowest BCUT2D eigenvalue weighted by Gasteiger charge is -2.24. The zero-order valence-electron chi connectivity index (χ0n) is 14.2. The first-order valence-corrected chi connectivity index (χ1v) is 7.80. The standard InChI is InChI=1S/C18H11F6N3O/c1-27(17(28)25-14-7-6-10(19)8-13(14)21)15(9-16(26-27)18(22,23)24)11-4-2-3-5-12(11)20/h2-9H,1H3/p+1. The van der Waals surface area contributed by atoms with Crippen molar-refractivity contribution in [2.75, 3.05) is 12.4 Å². The lowest BCUT2D eigenvalue weighted by molar-refractivity contribution is -0.756. The van der Waals surface area contributed by atoms with Crippen molar-refractivity contribution < 1.29 is 35.7 Å². The zero-order valence-corrected chi connectivity index (χ0v) is 14.2. The highest BCUT2D eigenvalue weighted by Gasteiger charge is 2.50. The van der Waals surface area contributed by atoms with Gasteiger partial charge >= 0.3 is 12.2 Å². The molecule has 0 aliphatic carbocycles. The number of carbonyl (C=O) groups excluding carboxylic acids is 1. The highest BCUT2D eigenvalue weighted by molar-refractivity contribution is 6.07. The quantitative estimate of drug-likeness (QED) is 0.556. The van der Waals surface area contributed by atoms with Crippen LogP contribution in [0.15, 0.2) is 53.6 Å². The van der Waals surface area contributed by atoms with Crippen LogP contribution in [0.1, 0.15) is 5.56 Å². The second kappa shape index (κ2) is 6.79. The third-order valence-corrected chi connectivity index (χ3v) is 4.06. The molecular formula is C18H12F6N3O+. The van der Waals surface area contributed by atoms with E-state index in [4.69, 9.17) is 0 Å². The minimum absolute atomic E-state index is 0.275. The Kier molecular flexibility index (Phi) is 4.76. The molecule has 1 aliphatic heterocycles. The number of quaternary nitrogens is 1. The summed E-state index contributed by atoms with van der Waals surface area (Å²) in [6, 6.07) is 6.00. The number of carbonyl (C=O) groups is 1. The lowest BCUT2D eigenvalue weighted by atomic mass is 10.1. The number of halogens is 6. The second-order valence-corrected chi connectivity index (χ2v) is 6.01. The molecule has 1 aliphatic rings. The molecule has 0 fully saturated rings. The molecule has 0 saturated heterocycles. The van der Waals surface area contributed by atoms with Crippen molar-refractivity contribution in [1.82, 2.24) is 0 Å². The number of alkyl halides is 3. The predicted octanol–water partition coefficient (Wildman–Crippen LogP) is 5.06. The molecule has 1 heterocycles. The Morgan fingerprint density at radius 3 is 2.32 bits per heavy atom. The van der Waals surface area contributed by atoms with Crippen LogP contribution in [0.25, 0.3) is 5.70 Å². The Balaban J connectivity index is 2.06. The minimum Gasteiger partial charge on any atom is -0.270 e. The molecule has 0 saturated carbocycles. The van der Waals surface area contributed by atoms with Crippen LogP contribution in [0.3, 0.4) is 0 Å². The van der Waals surface area contributed by atoms with Gasteiger partial charge in [0.15, 0.2) is 5.70 Å². The van der Waals surface area contributed by atoms with Crippen molar-refractivity contribution in [3.63, 3.8) is 0 Å². The largest absolute Gasteiger partial charge is 0.452 e. The summed E-state index contributed by atoms with van der Waals surface area (Å²) in [6.45, 7) is 0. The molecule has 0 aromatic heterocycles. The van der Waals surface area contributed by atoms with Gasteiger partial charge in [0.1, 0.15) is 24.5 Å². The SMILES string of the molecule is C[N+]1(C(=O)Nc2ccc(F)cc2F)N=C(C(F)(F)F)C=C1c1ccccc1F. The van der Waals surface area contributed by atoms with Crippen molar-refractivity contribution in [2.45, 2.75) is 6.18 Å². The Morgan fingerprint density at radius 2 is 1.71 bits per heavy atom. The molecule has 4 nitrogen and oxygen atoms in total. The molecule has 0 spiro atoms. The summed E-state index contributed by atoms with van der Waals surface area (Å²) in [5.41, 5.74) is -2.54. The molecule has 1 unspecified atom stereocenters. The van der Waals surface area contributed by atoms with Gasteiger partial charge in [0.25, 0.3) is 0 Å². The van der Waals surface area contributed by atoms with E-state index in [9.17, 15) is 31.1 Å². The van der Waals surface area contributed by atoms with Crippen molar-refractivity contribution in [1.29, 1.82) is 0 Å². The van der Waals surface area contributed by atoms with Crippen molar-refractivity contribution in [3.05, 3.63) is 71.6 Å². The molecule has 1 N–H and O–H groups in total. The maximum atomic E-state index is 14.2. The van der Waals surface area contributed by atoms with Gasteiger partial charge in [0.05, 0.1) is 11.3 Å². The summed E-state index contributed by atoms with van der Waals surface area (Å²) in [5, 5.41) is 5.46. The second-order valence-electron chi connectivity index (χ2n) is 6.01. The van der Waals surface area contributed by atoms with Crippen molar-refractivity contribution >= 4 is 23.1 Å². The average Bonchev–Trinajstić information content (AvgIpc) is 2.97. The van der Waals surface area contributed by atoms with E-state index in [1.165, 1.54) is 18.2 Å². The number of anilines is 1. The summed E-state index contributed by atoms with van der Waals surface area (Å²) >= 11 is 0. The third-order valence-electron chi connectivity index (χ3n) is 4.06. The zero-order chi connectivity index (χ0) is 20.7. The highest BCUT2D eigenvalue weighted by Crippen LogP contribution is 2.37. The fraction of sp³-hybridized carbons (Fsp3) is 0.111. The fourth-order valence-electron chi connectivity index (χ4n) is 2.64. The topological polar surface area (TPSA) is 41.5 Å². The summed E-state index contributed by atoms with van der Waals surface area (Å²) in [7, 11) is 0.994. The Labute approximate surface area is 155 Å². The van der Waals surface area contributed by atoms with Crippen LogP contribution in [0.2, 0.25) is 0 Å². The maximum absolute atomic E-state index is 14.2. The minimum atomic E-state index is -4.89. The molecular weight excluding hydrogens is 388 g/mol. The summed E-state index contributed by atoms with van der Waals surface area (Å²) in [6.07, 6.45) is -4.34. The number of hydrogen-bond donors (Lipinski definition) is 1. The van der Waals surface area contributed by atoms with E-state index < -0.39 is 51.3 Å². The first-order valence-electron chi connectivity index (χ1n) is 7.80. The molecule has 2 amide bonds. The lowest BCUT2D eigenvalue weighted by Crippen LogP contribution is -2.45. The number of allylic oxidation sites excluding steroid dienone is 1. The Bertz CT molecular complexity index is 1010. The highest BCUT2D eigenvalue weighted by atomic mass is 19.4. The number of nitrogens with one attached hydrogen (secondary N) is 1. The van der Waals surface area contributed by atoms with Gasteiger partial charge < -0.3 is 0 Å². The molecule has 10 heteroatoms. The van der Waals surface area contributed by atoms with Gasteiger partial charge in [-0.25, -0.2) is 18.0 Å². The maximum Gasteiger partial charge on any atom is 0.452 e. The third kappa shape index (κ3) is 3.50. The summed E-state index contributed by atoms with van der Waals surface area (Å²) in [5.74, 6) is -2.89. The van der Waals surface area contributed by atoms with E-state index >= 15 is 0 Å². The van der Waals surface area contributed by atoms with Crippen LogP contribution < -0.4 is 5.32 Å². The number of rotatable bonds is 2. The van der Waals surface area contributed by atoms with Crippen LogP contribution in [-0.2, 0) is 0 Å². The van der Waals surface area contributed by atoms with Gasteiger partial charge in [-0.2, -0.15) is 13.2 Å². The molecule has 28 heavy (non-hydrogen) atoms. The number of hydrogen-bond acceptors (Lipinski definition) is 2. The van der Waals surface area contributed by atoms with Crippen LogP contribution in [0.4, 0.5) is 36.8 Å². The monoisotopic (exact) mass is 400 g/mol. The van der Waals surface area contributed by atoms with Gasteiger partial charge in [0.2, 0.25) is 5.71 Å². The Hall–Kier alpha value is -3.14. The molecule has 146 valence electrons. The normalized spacial score (nSPS) is 19.2. The first kappa shape index (κ1) is 19.6. The van der Waals surface area contributed by atoms with E-state index in [1.54, 1.807) is 0 Å². The molecule has 2 aromatic rings. The smallest absolute Gasteiger partial charge is 0.270 e. The number of benzene rings is 2. The van der Waals surface area contributed by atoms with E-state index in [0.717, 1.165) is 25.2 Å². The van der Waals surface area contributed by atoms with Crippen LogP contribution in [-0.4, -0.2) is 29.6 Å². The number of nitrogens with zero attached hydrogens (tertiary/aromatic N) is 2. The number of amides is 2. The number of urea groups is 1. The summed E-state index contributed by atoms with van der Waals surface area (Å²) < 4.78 is 79.2. The predicted molar refractivity (Wildman–Crippen MR) is 89.4 cm³/mol. The van der Waals surface area contributed by atoms with E-state index in [0.29, 0.717) is 12.1 Å². The van der Waals surface area contributed by atoms with Gasteiger partial charge in [-0.1, -0.05) is 21.8 Å². The van der Waals surface area contributed by atoms with E-state index in [-0.39, 0.29) is 5.56 Å². The molecule has 0 bridgehead atoms. The summed E-state index contributed by atoms with van der Waals surface area (Å²) in [4.78, 5) is 12.7. The van der Waals surface area contributed by atoms with Gasteiger partial charge in [-0.15, -0.1) is 0 Å². The van der Waals surface area contributed by atoms with Gasteiger partial charge in [-0.05, 0) is 24.3 Å². The van der Waals surface area contributed by atoms with Gasteiger partial charge in [0, 0.05) is 12.1 Å². The van der Waals surface area contributed by atoms with Crippen molar-refractivity contribution in [2.24, 2.45) is 5.10 Å². The molecule has 0 radical (unpaired) electrons. The molecule has 2 aromatic carbocycles. The fourth-order valence-corrected chi connectivity index (χ4v) is 2.64. The van der Waals surface area contributed by atoms with Crippen molar-refractivity contribution in [3.8, 4) is 0 Å².